The molecule has 0 saturated heterocycles. The Morgan fingerprint density at radius 3 is 2.33 bits per heavy atom. The van der Waals surface area contributed by atoms with Gasteiger partial charge in [0, 0.05) is 0 Å². The van der Waals surface area contributed by atoms with Crippen LogP contribution >= 0.6 is 0 Å². The molecule has 0 heterocycles. The summed E-state index contributed by atoms with van der Waals surface area (Å²) in [4.78, 5) is 10.8. The Kier molecular flexibility index (Phi) is 5.06. The third-order valence-corrected chi connectivity index (χ3v) is 4.22. The highest BCUT2D eigenvalue weighted by molar-refractivity contribution is 7.89. The number of carbonyl (C=O) groups is 1. The molecule has 1 unspecified atom stereocenters. The Morgan fingerprint density at radius 1 is 1.29 bits per heavy atom. The summed E-state index contributed by atoms with van der Waals surface area (Å²) in [6.07, 6.45) is 0. The van der Waals surface area contributed by atoms with E-state index in [1.807, 2.05) is 0 Å². The van der Waals surface area contributed by atoms with Crippen molar-refractivity contribution in [2.24, 2.45) is 5.41 Å². The fraction of sp³-hybridized carbons (Fsp3) is 0.462. The SMILES string of the molecule is COC(=O)C(NS(=O)(=O)c1cccc(F)c1F)C(C)(C)C. The van der Waals surface area contributed by atoms with Gasteiger partial charge in [-0.25, -0.2) is 17.2 Å². The molecule has 1 N–H and O–H groups in total. The molecule has 0 aliphatic heterocycles. The summed E-state index contributed by atoms with van der Waals surface area (Å²) >= 11 is 0. The summed E-state index contributed by atoms with van der Waals surface area (Å²) in [6, 6.07) is 1.54. The first-order valence-corrected chi connectivity index (χ1v) is 7.53. The minimum absolute atomic E-state index is 0.801. The molecule has 0 bridgehead atoms. The lowest BCUT2D eigenvalue weighted by Gasteiger charge is -2.28. The van der Waals surface area contributed by atoms with Gasteiger partial charge in [-0.1, -0.05) is 26.8 Å². The van der Waals surface area contributed by atoms with Crippen LogP contribution in [0.1, 0.15) is 20.8 Å². The topological polar surface area (TPSA) is 72.5 Å². The Labute approximate surface area is 122 Å². The zero-order valence-electron chi connectivity index (χ0n) is 12.1. The first-order chi connectivity index (χ1) is 9.50. The molecule has 0 radical (unpaired) electrons. The number of hydrogen-bond acceptors (Lipinski definition) is 4. The van der Waals surface area contributed by atoms with Crippen molar-refractivity contribution in [1.82, 2.24) is 4.72 Å². The van der Waals surface area contributed by atoms with E-state index in [9.17, 15) is 22.0 Å². The molecule has 1 aromatic rings. The third-order valence-electron chi connectivity index (χ3n) is 2.78. The first-order valence-electron chi connectivity index (χ1n) is 6.05. The average Bonchev–Trinajstić information content (AvgIpc) is 2.37. The highest BCUT2D eigenvalue weighted by atomic mass is 32.2. The number of esters is 1. The molecular formula is C13H17F2NO4S. The summed E-state index contributed by atoms with van der Waals surface area (Å²) in [5.41, 5.74) is -0.816. The maximum absolute atomic E-state index is 13.6. The van der Waals surface area contributed by atoms with Crippen molar-refractivity contribution in [1.29, 1.82) is 0 Å². The molecular weight excluding hydrogens is 304 g/mol. The van der Waals surface area contributed by atoms with Crippen LogP contribution in [0.4, 0.5) is 8.78 Å². The van der Waals surface area contributed by atoms with Crippen LogP contribution in [0.3, 0.4) is 0 Å². The summed E-state index contributed by atoms with van der Waals surface area (Å²) in [7, 11) is -3.31. The second-order valence-electron chi connectivity index (χ2n) is 5.50. The number of halogens is 2. The largest absolute Gasteiger partial charge is 0.468 e. The van der Waals surface area contributed by atoms with E-state index >= 15 is 0 Å². The van der Waals surface area contributed by atoms with Gasteiger partial charge in [-0.3, -0.25) is 4.79 Å². The van der Waals surface area contributed by atoms with Crippen molar-refractivity contribution >= 4 is 16.0 Å². The second-order valence-corrected chi connectivity index (χ2v) is 7.18. The van der Waals surface area contributed by atoms with Crippen molar-refractivity contribution in [3.05, 3.63) is 29.8 Å². The zero-order valence-corrected chi connectivity index (χ0v) is 12.9. The van der Waals surface area contributed by atoms with Crippen LogP contribution < -0.4 is 4.72 Å². The van der Waals surface area contributed by atoms with Gasteiger partial charge in [-0.2, -0.15) is 4.72 Å². The smallest absolute Gasteiger partial charge is 0.324 e. The van der Waals surface area contributed by atoms with Gasteiger partial charge in [0.15, 0.2) is 11.6 Å². The molecule has 1 atom stereocenters. The number of benzene rings is 1. The quantitative estimate of drug-likeness (QED) is 0.859. The molecule has 0 aliphatic carbocycles. The van der Waals surface area contributed by atoms with Crippen LogP contribution in [-0.4, -0.2) is 27.5 Å². The highest BCUT2D eigenvalue weighted by Gasteiger charge is 2.37. The van der Waals surface area contributed by atoms with Crippen molar-refractivity contribution in [3.8, 4) is 0 Å². The fourth-order valence-corrected chi connectivity index (χ4v) is 3.08. The maximum Gasteiger partial charge on any atom is 0.324 e. The molecule has 1 rings (SSSR count). The van der Waals surface area contributed by atoms with Crippen LogP contribution in [0.2, 0.25) is 0 Å². The van der Waals surface area contributed by atoms with Crippen molar-refractivity contribution in [3.63, 3.8) is 0 Å². The van der Waals surface area contributed by atoms with E-state index in [0.717, 1.165) is 25.3 Å². The highest BCUT2D eigenvalue weighted by Crippen LogP contribution is 2.24. The minimum Gasteiger partial charge on any atom is -0.468 e. The van der Waals surface area contributed by atoms with Crippen LogP contribution in [0, 0.1) is 17.0 Å². The van der Waals surface area contributed by atoms with Crippen molar-refractivity contribution < 1.29 is 26.7 Å². The van der Waals surface area contributed by atoms with Gasteiger partial charge >= 0.3 is 5.97 Å². The monoisotopic (exact) mass is 321 g/mol. The van der Waals surface area contributed by atoms with E-state index in [-0.39, 0.29) is 0 Å². The molecule has 8 heteroatoms. The Hall–Kier alpha value is -1.54. The van der Waals surface area contributed by atoms with E-state index in [1.54, 1.807) is 20.8 Å². The second kappa shape index (κ2) is 6.07. The third kappa shape index (κ3) is 3.98. The Morgan fingerprint density at radius 2 is 1.86 bits per heavy atom. The number of hydrogen-bond donors (Lipinski definition) is 1. The van der Waals surface area contributed by atoms with Gasteiger partial charge in [-0.05, 0) is 17.5 Å². The van der Waals surface area contributed by atoms with E-state index in [4.69, 9.17) is 0 Å². The molecule has 0 spiro atoms. The van der Waals surface area contributed by atoms with Gasteiger partial charge in [-0.15, -0.1) is 0 Å². The molecule has 0 saturated carbocycles. The molecule has 0 amide bonds. The Bertz CT molecular complexity index is 638. The van der Waals surface area contributed by atoms with Gasteiger partial charge < -0.3 is 4.74 Å². The van der Waals surface area contributed by atoms with E-state index < -0.39 is 44.0 Å². The molecule has 5 nitrogen and oxygen atoms in total. The number of carbonyl (C=O) groups excluding carboxylic acids is 1. The number of rotatable bonds is 4. The molecule has 1 aromatic carbocycles. The van der Waals surface area contributed by atoms with Gasteiger partial charge in [0.25, 0.3) is 0 Å². The van der Waals surface area contributed by atoms with Crippen molar-refractivity contribution in [2.45, 2.75) is 31.7 Å². The predicted octanol–water partition coefficient (Wildman–Crippen LogP) is 1.83. The summed E-state index contributed by atoms with van der Waals surface area (Å²) in [6.45, 7) is 4.83. The molecule has 21 heavy (non-hydrogen) atoms. The lowest BCUT2D eigenvalue weighted by atomic mass is 9.87. The lowest BCUT2D eigenvalue weighted by Crippen LogP contribution is -2.49. The first kappa shape index (κ1) is 17.5. The minimum atomic E-state index is -4.42. The van der Waals surface area contributed by atoms with Crippen molar-refractivity contribution in [2.75, 3.05) is 7.11 Å². The van der Waals surface area contributed by atoms with Gasteiger partial charge in [0.1, 0.15) is 10.9 Å². The number of nitrogens with one attached hydrogen (secondary N) is 1. The number of sulfonamides is 1. The predicted molar refractivity (Wildman–Crippen MR) is 71.9 cm³/mol. The normalized spacial score (nSPS) is 13.8. The number of methoxy groups -OCH3 is 1. The van der Waals surface area contributed by atoms with E-state index in [2.05, 4.69) is 9.46 Å². The molecule has 0 aromatic heterocycles. The zero-order chi connectivity index (χ0) is 16.4. The maximum atomic E-state index is 13.6. The summed E-state index contributed by atoms with van der Waals surface area (Å²) in [5, 5.41) is 0. The van der Waals surface area contributed by atoms with E-state index in [0.29, 0.717) is 0 Å². The fourth-order valence-electron chi connectivity index (χ4n) is 1.61. The van der Waals surface area contributed by atoms with Crippen LogP contribution in [-0.2, 0) is 19.6 Å². The summed E-state index contributed by atoms with van der Waals surface area (Å²) < 4.78 is 57.7. The van der Waals surface area contributed by atoms with Crippen LogP contribution in [0.15, 0.2) is 23.1 Å². The molecule has 0 aliphatic rings. The standard InChI is InChI=1S/C13H17F2NO4S/c1-13(2,3)11(12(17)20-4)16-21(18,19)9-7-5-6-8(14)10(9)15/h5-7,11,16H,1-4H3. The average molecular weight is 321 g/mol. The number of ether oxygens (including phenoxy) is 1. The van der Waals surface area contributed by atoms with Gasteiger partial charge in [0.2, 0.25) is 10.0 Å². The van der Waals surface area contributed by atoms with Crippen LogP contribution in [0.5, 0.6) is 0 Å². The summed E-state index contributed by atoms with van der Waals surface area (Å²) in [5.74, 6) is -3.60. The van der Waals surface area contributed by atoms with E-state index in [1.165, 1.54) is 0 Å². The lowest BCUT2D eigenvalue weighted by molar-refractivity contribution is -0.145. The molecule has 118 valence electrons. The van der Waals surface area contributed by atoms with Crippen LogP contribution in [0.25, 0.3) is 0 Å². The Balaban J connectivity index is 3.25. The van der Waals surface area contributed by atoms with Gasteiger partial charge in [0.05, 0.1) is 7.11 Å². The molecule has 0 fully saturated rings.